The molecule has 0 aromatic heterocycles. The monoisotopic (exact) mass is 732 g/mol. The van der Waals surface area contributed by atoms with Crippen LogP contribution in [0.25, 0.3) is 0 Å². The van der Waals surface area contributed by atoms with E-state index >= 15 is 0 Å². The van der Waals surface area contributed by atoms with Gasteiger partial charge >= 0.3 is 0 Å². The maximum Gasteiger partial charge on any atom is 0.0707 e. The molecule has 0 amide bonds. The van der Waals surface area contributed by atoms with Gasteiger partial charge in [0.25, 0.3) is 0 Å². The van der Waals surface area contributed by atoms with Crippen LogP contribution in [-0.4, -0.2) is 82.3 Å². The van der Waals surface area contributed by atoms with Crippen LogP contribution in [0.15, 0.2) is 101 Å². The van der Waals surface area contributed by atoms with E-state index in [1.165, 1.54) is 94.1 Å². The van der Waals surface area contributed by atoms with Gasteiger partial charge in [-0.25, -0.2) is 0 Å². The predicted molar refractivity (Wildman–Crippen MR) is 194 cm³/mol. The van der Waals surface area contributed by atoms with Gasteiger partial charge in [-0.3, -0.25) is 30.0 Å². The normalized spacial score (nSPS) is 31.3. The van der Waals surface area contributed by atoms with Gasteiger partial charge in [-0.05, 0) is 139 Å². The van der Waals surface area contributed by atoms with Gasteiger partial charge in [0.05, 0.1) is 12.1 Å². The number of fused-ring (bicyclic) bond motifs is 12. The standard InChI is InChI=1S/2C19H22N4.Sn/c2*1-3-14-10-16-5-7-18(22-16)19-8-6-17(23-19)11-15-4-2-13(21-15)9-12(1)20-14;/h2*9-11,18-19,22H,1-8H2;. The summed E-state index contributed by atoms with van der Waals surface area (Å²) in [4.78, 5) is 29.2. The quantitative estimate of drug-likeness (QED) is 0.276. The second kappa shape index (κ2) is 13.4. The molecule has 16 bridgehead atoms. The second-order valence-electron chi connectivity index (χ2n) is 14.3. The minimum absolute atomic E-state index is 0. The van der Waals surface area contributed by atoms with Gasteiger partial charge in [0.2, 0.25) is 0 Å². The first-order valence-corrected chi connectivity index (χ1v) is 17.8. The third-order valence-electron chi connectivity index (χ3n) is 10.9. The third kappa shape index (κ3) is 7.03. The van der Waals surface area contributed by atoms with E-state index < -0.39 is 0 Å². The zero-order valence-electron chi connectivity index (χ0n) is 27.3. The summed E-state index contributed by atoms with van der Waals surface area (Å²) in [5.41, 5.74) is 14.8. The van der Waals surface area contributed by atoms with Crippen LogP contribution in [-0.2, 0) is 0 Å². The van der Waals surface area contributed by atoms with Crippen LogP contribution in [0.4, 0.5) is 0 Å². The van der Waals surface area contributed by atoms with Crippen molar-refractivity contribution in [1.29, 1.82) is 0 Å². The van der Waals surface area contributed by atoms with Crippen molar-refractivity contribution in [3.05, 3.63) is 70.6 Å². The minimum Gasteiger partial charge on any atom is -0.383 e. The smallest absolute Gasteiger partial charge is 0.0707 e. The molecule has 10 aliphatic heterocycles. The van der Waals surface area contributed by atoms with Crippen molar-refractivity contribution in [1.82, 2.24) is 10.6 Å². The fourth-order valence-corrected chi connectivity index (χ4v) is 8.49. The van der Waals surface area contributed by atoms with E-state index in [0.717, 1.165) is 77.0 Å². The van der Waals surface area contributed by atoms with E-state index in [-0.39, 0.29) is 23.9 Å². The van der Waals surface area contributed by atoms with Crippen LogP contribution in [0.1, 0.15) is 103 Å². The Kier molecular flexibility index (Phi) is 8.88. The molecular weight excluding hydrogens is 687 g/mol. The van der Waals surface area contributed by atoms with E-state index in [1.54, 1.807) is 0 Å². The van der Waals surface area contributed by atoms with E-state index in [1.807, 2.05) is 0 Å². The number of nitrogens with one attached hydrogen (secondary N) is 2. The molecule has 0 aromatic carbocycles. The van der Waals surface area contributed by atoms with Crippen LogP contribution in [0.5, 0.6) is 0 Å². The minimum atomic E-state index is 0. The molecule has 8 nitrogen and oxygen atoms in total. The summed E-state index contributed by atoms with van der Waals surface area (Å²) in [6.45, 7) is 0. The molecule has 2 N–H and O–H groups in total. The largest absolute Gasteiger partial charge is 0.383 e. The SMILES string of the molecule is C1=C2CCC(=N2)C=C2CCC(N2)C2CCC(=N2)C=C2CCC1=N2.C1=C2CCC(=N2)C=C2CCC(N2)C2CCC(=N2)C=C2CCC1=N2.[Sn]. The van der Waals surface area contributed by atoms with E-state index in [2.05, 4.69) is 47.1 Å². The summed E-state index contributed by atoms with van der Waals surface area (Å²) in [6, 6.07) is 1.87. The van der Waals surface area contributed by atoms with Crippen LogP contribution >= 0.6 is 0 Å². The van der Waals surface area contributed by atoms with Crippen LogP contribution in [0, 0.1) is 0 Å². The van der Waals surface area contributed by atoms with Crippen LogP contribution < -0.4 is 10.6 Å². The molecular formula is C38H44N8Sn. The van der Waals surface area contributed by atoms with E-state index in [0.29, 0.717) is 24.2 Å². The molecule has 10 aliphatic rings. The Bertz CT molecular complexity index is 1600. The zero-order chi connectivity index (χ0) is 30.5. The summed E-state index contributed by atoms with van der Waals surface area (Å²) in [5, 5.41) is 7.42. The second-order valence-corrected chi connectivity index (χ2v) is 14.3. The van der Waals surface area contributed by atoms with Gasteiger partial charge < -0.3 is 10.6 Å². The maximum absolute atomic E-state index is 4.98. The van der Waals surface area contributed by atoms with Gasteiger partial charge in [0, 0.05) is 104 Å². The molecule has 47 heavy (non-hydrogen) atoms. The van der Waals surface area contributed by atoms with Crippen molar-refractivity contribution in [2.45, 2.75) is 127 Å². The van der Waals surface area contributed by atoms with E-state index in [9.17, 15) is 0 Å². The Balaban J connectivity index is 0.000000135. The summed E-state index contributed by atoms with van der Waals surface area (Å²) >= 11 is 0. The van der Waals surface area contributed by atoms with Crippen molar-refractivity contribution >= 4 is 58.2 Å². The van der Waals surface area contributed by atoms with Crippen LogP contribution in [0.3, 0.4) is 0 Å². The molecule has 240 valence electrons. The third-order valence-corrected chi connectivity index (χ3v) is 10.9. The van der Waals surface area contributed by atoms with Gasteiger partial charge in [-0.15, -0.1) is 0 Å². The molecule has 0 spiro atoms. The Hall–Kier alpha value is -3.14. The topological polar surface area (TPSA) is 98.2 Å². The van der Waals surface area contributed by atoms with Crippen LogP contribution in [0.2, 0.25) is 0 Å². The van der Waals surface area contributed by atoms with Crippen molar-refractivity contribution in [2.24, 2.45) is 30.0 Å². The zero-order valence-corrected chi connectivity index (χ0v) is 30.1. The predicted octanol–water partition coefficient (Wildman–Crippen LogP) is 6.57. The Morgan fingerprint density at radius 2 is 0.745 bits per heavy atom. The average Bonchev–Trinajstić information content (AvgIpc) is 3.88. The molecule has 10 rings (SSSR count). The average molecular weight is 732 g/mol. The molecule has 9 heteroatoms. The molecule has 4 atom stereocenters. The summed E-state index contributed by atoms with van der Waals surface area (Å²) in [7, 11) is 0. The Morgan fingerprint density at radius 1 is 0.383 bits per heavy atom. The first-order chi connectivity index (χ1) is 22.6. The molecule has 0 saturated carbocycles. The maximum atomic E-state index is 4.98. The summed E-state index contributed by atoms with van der Waals surface area (Å²) in [6.07, 6.45) is 31.1. The Labute approximate surface area is 295 Å². The fourth-order valence-electron chi connectivity index (χ4n) is 8.49. The number of aliphatic imine (C=N–C) groups is 6. The molecule has 2 fully saturated rings. The first-order valence-electron chi connectivity index (χ1n) is 17.8. The summed E-state index contributed by atoms with van der Waals surface area (Å²) in [5.74, 6) is 0. The van der Waals surface area contributed by atoms with Crippen molar-refractivity contribution < 1.29 is 0 Å². The van der Waals surface area contributed by atoms with Gasteiger partial charge in [0.1, 0.15) is 0 Å². The fraction of sp³-hybridized carbons (Fsp3) is 0.526. The van der Waals surface area contributed by atoms with Crippen molar-refractivity contribution in [3.63, 3.8) is 0 Å². The molecule has 2 saturated heterocycles. The summed E-state index contributed by atoms with van der Waals surface area (Å²) < 4.78 is 0. The number of nitrogens with zero attached hydrogens (tertiary/aromatic N) is 6. The molecule has 0 aliphatic carbocycles. The number of hydrogen-bond acceptors (Lipinski definition) is 8. The number of allylic oxidation sites excluding steroid dienone is 12. The molecule has 0 aromatic rings. The molecule has 4 radical (unpaired) electrons. The van der Waals surface area contributed by atoms with Gasteiger partial charge in [-0.1, -0.05) is 0 Å². The van der Waals surface area contributed by atoms with Crippen molar-refractivity contribution in [2.75, 3.05) is 0 Å². The van der Waals surface area contributed by atoms with Gasteiger partial charge in [-0.2, -0.15) is 0 Å². The molecule has 10 heterocycles. The van der Waals surface area contributed by atoms with Gasteiger partial charge in [0.15, 0.2) is 0 Å². The Morgan fingerprint density at radius 3 is 1.15 bits per heavy atom. The number of rotatable bonds is 0. The van der Waals surface area contributed by atoms with E-state index in [4.69, 9.17) is 30.0 Å². The number of hydrogen-bond donors (Lipinski definition) is 2. The first kappa shape index (κ1) is 31.1. The van der Waals surface area contributed by atoms with Crippen molar-refractivity contribution in [3.8, 4) is 0 Å². The molecule has 4 unspecified atom stereocenters.